The van der Waals surface area contributed by atoms with E-state index in [2.05, 4.69) is 34.9 Å². The summed E-state index contributed by atoms with van der Waals surface area (Å²) < 4.78 is 10.5. The van der Waals surface area contributed by atoms with E-state index in [-0.39, 0.29) is 11.3 Å². The highest BCUT2D eigenvalue weighted by molar-refractivity contribution is 5.96. The molecule has 0 atom stereocenters. The number of benzene rings is 2. The second kappa shape index (κ2) is 10.4. The van der Waals surface area contributed by atoms with Gasteiger partial charge in [-0.2, -0.15) is 0 Å². The molecule has 29 heavy (non-hydrogen) atoms. The van der Waals surface area contributed by atoms with E-state index < -0.39 is 0 Å². The maximum atomic E-state index is 12.9. The molecule has 3 rings (SSSR count). The summed E-state index contributed by atoms with van der Waals surface area (Å²) in [5.74, 6) is 0.517. The second-order valence-corrected chi connectivity index (χ2v) is 7.75. The molecule has 0 bridgehead atoms. The van der Waals surface area contributed by atoms with Crippen LogP contribution >= 0.6 is 0 Å². The van der Waals surface area contributed by atoms with Gasteiger partial charge in [-0.25, -0.2) is 0 Å². The molecular formula is C24H32N2O3. The summed E-state index contributed by atoms with van der Waals surface area (Å²) in [7, 11) is 3.32. The summed E-state index contributed by atoms with van der Waals surface area (Å²) in [4.78, 5) is 12.9. The van der Waals surface area contributed by atoms with E-state index >= 15 is 0 Å². The molecular weight excluding hydrogens is 364 g/mol. The van der Waals surface area contributed by atoms with Gasteiger partial charge in [0, 0.05) is 31.7 Å². The van der Waals surface area contributed by atoms with Crippen LogP contribution in [0.4, 0.5) is 0 Å². The number of nitrogens with one attached hydrogen (secondary N) is 2. The van der Waals surface area contributed by atoms with Gasteiger partial charge in [0.05, 0.1) is 19.3 Å². The monoisotopic (exact) mass is 396 g/mol. The van der Waals surface area contributed by atoms with Crippen LogP contribution in [0.5, 0.6) is 5.75 Å². The van der Waals surface area contributed by atoms with E-state index in [9.17, 15) is 4.79 Å². The first-order valence-electron chi connectivity index (χ1n) is 10.4. The lowest BCUT2D eigenvalue weighted by atomic mass is 9.68. The van der Waals surface area contributed by atoms with Crippen LogP contribution in [0.25, 0.3) is 0 Å². The zero-order chi connectivity index (χ0) is 20.5. The molecule has 5 heteroatoms. The van der Waals surface area contributed by atoms with Crippen LogP contribution in [-0.4, -0.2) is 45.9 Å². The molecule has 0 radical (unpaired) electrons. The average Bonchev–Trinajstić information content (AvgIpc) is 2.79. The number of carbonyl (C=O) groups excluding carboxylic acids is 1. The fourth-order valence-electron chi connectivity index (χ4n) is 4.28. The van der Waals surface area contributed by atoms with E-state index in [4.69, 9.17) is 9.47 Å². The molecule has 5 nitrogen and oxygen atoms in total. The van der Waals surface area contributed by atoms with Crippen LogP contribution in [0.2, 0.25) is 0 Å². The van der Waals surface area contributed by atoms with Gasteiger partial charge in [0.25, 0.3) is 5.91 Å². The Balaban J connectivity index is 1.70. The third kappa shape index (κ3) is 5.37. The van der Waals surface area contributed by atoms with Crippen molar-refractivity contribution < 1.29 is 14.3 Å². The molecule has 0 unspecified atom stereocenters. The van der Waals surface area contributed by atoms with Gasteiger partial charge in [0.2, 0.25) is 0 Å². The quantitative estimate of drug-likeness (QED) is 0.637. The normalized spacial score (nSPS) is 21.5. The zero-order valence-electron chi connectivity index (χ0n) is 17.4. The van der Waals surface area contributed by atoms with Crippen molar-refractivity contribution in [2.75, 3.05) is 33.9 Å². The molecule has 156 valence electrons. The molecule has 0 aliphatic heterocycles. The summed E-state index contributed by atoms with van der Waals surface area (Å²) in [6, 6.07) is 18.5. The predicted octanol–water partition coefficient (Wildman–Crippen LogP) is 3.54. The molecule has 0 heterocycles. The topological polar surface area (TPSA) is 59.6 Å². The van der Waals surface area contributed by atoms with Gasteiger partial charge in [-0.05, 0) is 43.4 Å². The molecule has 0 aromatic heterocycles. The summed E-state index contributed by atoms with van der Waals surface area (Å²) in [6.07, 6.45) is 4.24. The van der Waals surface area contributed by atoms with Crippen molar-refractivity contribution in [3.05, 3.63) is 65.7 Å². The highest BCUT2D eigenvalue weighted by Crippen LogP contribution is 2.39. The van der Waals surface area contributed by atoms with Crippen LogP contribution < -0.4 is 15.4 Å². The summed E-state index contributed by atoms with van der Waals surface area (Å²) in [6.45, 7) is 2.23. The van der Waals surface area contributed by atoms with Gasteiger partial charge in [0.1, 0.15) is 5.75 Å². The predicted molar refractivity (Wildman–Crippen MR) is 116 cm³/mol. The molecule has 2 aromatic carbocycles. The lowest BCUT2D eigenvalue weighted by molar-refractivity contribution is 0.0931. The molecule has 1 amide bonds. The Hall–Kier alpha value is -2.37. The highest BCUT2D eigenvalue weighted by Gasteiger charge is 2.37. The fraction of sp³-hybridized carbons (Fsp3) is 0.458. The second-order valence-electron chi connectivity index (χ2n) is 7.75. The zero-order valence-corrected chi connectivity index (χ0v) is 17.4. The summed E-state index contributed by atoms with van der Waals surface area (Å²) in [5.41, 5.74) is 1.84. The van der Waals surface area contributed by atoms with Crippen LogP contribution in [-0.2, 0) is 10.2 Å². The molecule has 0 saturated heterocycles. The van der Waals surface area contributed by atoms with Crippen molar-refractivity contribution in [1.29, 1.82) is 0 Å². The SMILES string of the molecule is COCCN[C@H]1CC[C@@](CNC(=O)c2ccccc2OC)(c2ccccc2)CC1. The smallest absolute Gasteiger partial charge is 0.255 e. The molecule has 2 aromatic rings. The Morgan fingerprint density at radius 1 is 1.03 bits per heavy atom. The number of carbonyl (C=O) groups is 1. The lowest BCUT2D eigenvalue weighted by Crippen LogP contribution is -2.47. The van der Waals surface area contributed by atoms with E-state index in [1.165, 1.54) is 5.56 Å². The Bertz CT molecular complexity index is 771. The van der Waals surface area contributed by atoms with Crippen molar-refractivity contribution in [3.8, 4) is 5.75 Å². The maximum Gasteiger partial charge on any atom is 0.255 e. The Morgan fingerprint density at radius 2 is 1.72 bits per heavy atom. The number of hydrogen-bond donors (Lipinski definition) is 2. The first-order chi connectivity index (χ1) is 14.2. The summed E-state index contributed by atoms with van der Waals surface area (Å²) in [5, 5.41) is 6.78. The molecule has 1 saturated carbocycles. The van der Waals surface area contributed by atoms with Crippen molar-refractivity contribution in [3.63, 3.8) is 0 Å². The van der Waals surface area contributed by atoms with Crippen molar-refractivity contribution >= 4 is 5.91 Å². The largest absolute Gasteiger partial charge is 0.496 e. The van der Waals surface area contributed by atoms with E-state index in [0.29, 0.717) is 23.9 Å². The van der Waals surface area contributed by atoms with Crippen molar-refractivity contribution in [2.24, 2.45) is 0 Å². The minimum Gasteiger partial charge on any atom is -0.496 e. The van der Waals surface area contributed by atoms with Gasteiger partial charge in [-0.3, -0.25) is 4.79 Å². The van der Waals surface area contributed by atoms with Gasteiger partial charge in [-0.1, -0.05) is 42.5 Å². The van der Waals surface area contributed by atoms with Crippen LogP contribution in [0.1, 0.15) is 41.6 Å². The third-order valence-electron chi connectivity index (χ3n) is 6.01. The number of ether oxygens (including phenoxy) is 2. The molecule has 0 spiro atoms. The molecule has 1 aliphatic rings. The Morgan fingerprint density at radius 3 is 2.41 bits per heavy atom. The number of amides is 1. The van der Waals surface area contributed by atoms with E-state index in [1.807, 2.05) is 24.3 Å². The number of hydrogen-bond acceptors (Lipinski definition) is 4. The first-order valence-corrected chi connectivity index (χ1v) is 10.4. The van der Waals surface area contributed by atoms with Gasteiger partial charge < -0.3 is 20.1 Å². The standard InChI is InChI=1S/C24H32N2O3/c1-28-17-16-25-20-12-14-24(15-13-20,19-8-4-3-5-9-19)18-26-23(27)21-10-6-7-11-22(21)29-2/h3-11,20,25H,12-18H2,1-2H3,(H,26,27)/t20-,24+. The fourth-order valence-corrected chi connectivity index (χ4v) is 4.28. The maximum absolute atomic E-state index is 12.9. The summed E-state index contributed by atoms with van der Waals surface area (Å²) >= 11 is 0. The van der Waals surface area contributed by atoms with E-state index in [1.54, 1.807) is 20.3 Å². The first kappa shape index (κ1) is 21.3. The number of methoxy groups -OCH3 is 2. The van der Waals surface area contributed by atoms with Crippen LogP contribution in [0, 0.1) is 0 Å². The van der Waals surface area contributed by atoms with Crippen LogP contribution in [0.3, 0.4) is 0 Å². The molecule has 1 fully saturated rings. The number of rotatable bonds is 9. The minimum absolute atomic E-state index is 0.0433. The Labute approximate surface area is 173 Å². The highest BCUT2D eigenvalue weighted by atomic mass is 16.5. The lowest BCUT2D eigenvalue weighted by Gasteiger charge is -2.41. The number of para-hydroxylation sites is 1. The van der Waals surface area contributed by atoms with Crippen LogP contribution in [0.15, 0.2) is 54.6 Å². The van der Waals surface area contributed by atoms with Crippen molar-refractivity contribution in [2.45, 2.75) is 37.1 Å². The average molecular weight is 397 g/mol. The van der Waals surface area contributed by atoms with E-state index in [0.717, 1.165) is 38.8 Å². The molecule has 1 aliphatic carbocycles. The molecule has 2 N–H and O–H groups in total. The Kier molecular flexibility index (Phi) is 7.67. The third-order valence-corrected chi connectivity index (χ3v) is 6.01. The van der Waals surface area contributed by atoms with Gasteiger partial charge in [0.15, 0.2) is 0 Å². The van der Waals surface area contributed by atoms with Crippen molar-refractivity contribution in [1.82, 2.24) is 10.6 Å². The van der Waals surface area contributed by atoms with Gasteiger partial charge in [-0.15, -0.1) is 0 Å². The minimum atomic E-state index is -0.0851. The van der Waals surface area contributed by atoms with Gasteiger partial charge >= 0.3 is 0 Å².